The van der Waals surface area contributed by atoms with Gasteiger partial charge < -0.3 is 5.32 Å². The Bertz CT molecular complexity index is 207. The highest BCUT2D eigenvalue weighted by Crippen LogP contribution is 2.17. The van der Waals surface area contributed by atoms with E-state index in [1.54, 1.807) is 0 Å². The maximum atomic E-state index is 8.70. The minimum absolute atomic E-state index is 0.650. The third-order valence-corrected chi connectivity index (χ3v) is 2.68. The molecule has 0 bridgehead atoms. The molecule has 0 radical (unpaired) electrons. The second kappa shape index (κ2) is 5.77. The summed E-state index contributed by atoms with van der Waals surface area (Å²) >= 11 is 0. The summed E-state index contributed by atoms with van der Waals surface area (Å²) in [4.78, 5) is 0. The van der Waals surface area contributed by atoms with Crippen molar-refractivity contribution >= 4 is 0 Å². The first kappa shape index (κ1) is 10.3. The van der Waals surface area contributed by atoms with Crippen molar-refractivity contribution in [2.75, 3.05) is 6.54 Å². The van der Waals surface area contributed by atoms with Crippen molar-refractivity contribution < 1.29 is 0 Å². The predicted octanol–water partition coefficient (Wildman–Crippen LogP) is 2.38. The monoisotopic (exact) mass is 178 g/mol. The Kier molecular flexibility index (Phi) is 4.56. The lowest BCUT2D eigenvalue weighted by molar-refractivity contribution is 0.383. The van der Waals surface area contributed by atoms with E-state index < -0.39 is 0 Å². The zero-order chi connectivity index (χ0) is 9.52. The van der Waals surface area contributed by atoms with E-state index in [2.05, 4.69) is 11.4 Å². The van der Waals surface area contributed by atoms with Gasteiger partial charge in [0.05, 0.1) is 6.07 Å². The fourth-order valence-corrected chi connectivity index (χ4v) is 1.77. The molecule has 13 heavy (non-hydrogen) atoms. The molecule has 0 amide bonds. The lowest BCUT2D eigenvalue weighted by Gasteiger charge is -2.22. The molecule has 0 aromatic carbocycles. The number of rotatable bonds is 3. The fourth-order valence-electron chi connectivity index (χ4n) is 1.77. The van der Waals surface area contributed by atoms with Crippen LogP contribution in [0.2, 0.25) is 0 Å². The molecule has 0 heterocycles. The van der Waals surface area contributed by atoms with Gasteiger partial charge in [0.25, 0.3) is 0 Å². The second-order valence-electron chi connectivity index (χ2n) is 3.64. The van der Waals surface area contributed by atoms with Crippen LogP contribution in [-0.2, 0) is 0 Å². The van der Waals surface area contributed by atoms with Crippen LogP contribution in [0.1, 0.15) is 39.0 Å². The van der Waals surface area contributed by atoms with Gasteiger partial charge in [-0.25, -0.2) is 0 Å². The molecular weight excluding hydrogens is 160 g/mol. The molecule has 1 saturated carbocycles. The average molecular weight is 178 g/mol. The molecule has 0 atom stereocenters. The van der Waals surface area contributed by atoms with Crippen molar-refractivity contribution in [2.24, 2.45) is 0 Å². The first-order chi connectivity index (χ1) is 6.36. The minimum atomic E-state index is 0.650. The summed E-state index contributed by atoms with van der Waals surface area (Å²) in [5.74, 6) is 0. The molecule has 0 aromatic heterocycles. The quantitative estimate of drug-likeness (QED) is 0.673. The van der Waals surface area contributed by atoms with Gasteiger partial charge in [-0.15, -0.1) is 0 Å². The van der Waals surface area contributed by atoms with Crippen LogP contribution in [0.3, 0.4) is 0 Å². The Morgan fingerprint density at radius 1 is 1.46 bits per heavy atom. The molecule has 0 spiro atoms. The number of nitriles is 1. The van der Waals surface area contributed by atoms with Crippen molar-refractivity contribution in [3.63, 3.8) is 0 Å². The highest BCUT2D eigenvalue weighted by molar-refractivity contribution is 5.21. The van der Waals surface area contributed by atoms with Gasteiger partial charge >= 0.3 is 0 Å². The molecule has 0 saturated heterocycles. The lowest BCUT2D eigenvalue weighted by Crippen LogP contribution is -2.32. The van der Waals surface area contributed by atoms with Gasteiger partial charge in [0.15, 0.2) is 0 Å². The zero-order valence-electron chi connectivity index (χ0n) is 8.34. The summed E-state index contributed by atoms with van der Waals surface area (Å²) in [6.07, 6.45) is 8.51. The first-order valence-corrected chi connectivity index (χ1v) is 5.15. The molecule has 1 aliphatic rings. The van der Waals surface area contributed by atoms with Crippen LogP contribution in [0.5, 0.6) is 0 Å². The summed E-state index contributed by atoms with van der Waals surface area (Å²) in [7, 11) is 0. The number of hydrogen-bond donors (Lipinski definition) is 1. The maximum absolute atomic E-state index is 8.70. The van der Waals surface area contributed by atoms with E-state index in [4.69, 9.17) is 5.26 Å². The Morgan fingerprint density at radius 3 is 2.69 bits per heavy atom. The molecule has 1 rings (SSSR count). The number of hydrogen-bond acceptors (Lipinski definition) is 2. The van der Waals surface area contributed by atoms with Crippen molar-refractivity contribution in [1.82, 2.24) is 5.32 Å². The number of allylic oxidation sites excluding steroid dienone is 1. The molecule has 2 heteroatoms. The second-order valence-corrected chi connectivity index (χ2v) is 3.64. The Labute approximate surface area is 80.6 Å². The van der Waals surface area contributed by atoms with E-state index >= 15 is 0 Å². The Hall–Kier alpha value is -0.810. The average Bonchev–Trinajstić information content (AvgIpc) is 2.21. The highest BCUT2D eigenvalue weighted by Gasteiger charge is 2.12. The molecule has 0 unspecified atom stereocenters. The molecule has 1 fully saturated rings. The van der Waals surface area contributed by atoms with Gasteiger partial charge in [-0.05, 0) is 19.8 Å². The van der Waals surface area contributed by atoms with E-state index in [0.717, 1.165) is 12.1 Å². The maximum Gasteiger partial charge on any atom is 0.0957 e. The van der Waals surface area contributed by atoms with Gasteiger partial charge in [-0.1, -0.05) is 25.3 Å². The molecule has 0 aliphatic heterocycles. The zero-order valence-corrected chi connectivity index (χ0v) is 8.34. The van der Waals surface area contributed by atoms with Crippen LogP contribution in [-0.4, -0.2) is 12.6 Å². The van der Waals surface area contributed by atoms with Crippen molar-refractivity contribution in [1.29, 1.82) is 5.26 Å². The van der Waals surface area contributed by atoms with E-state index in [1.807, 2.05) is 13.0 Å². The van der Waals surface area contributed by atoms with Crippen molar-refractivity contribution in [3.05, 3.63) is 11.6 Å². The SMILES string of the molecule is C/C=C(/C#N)CNC1CCCCC1. The third-order valence-electron chi connectivity index (χ3n) is 2.68. The molecule has 1 aliphatic carbocycles. The third kappa shape index (κ3) is 3.61. The summed E-state index contributed by atoms with van der Waals surface area (Å²) in [5, 5.41) is 12.1. The van der Waals surface area contributed by atoms with Gasteiger partial charge in [-0.2, -0.15) is 5.26 Å². The smallest absolute Gasteiger partial charge is 0.0957 e. The van der Waals surface area contributed by atoms with E-state index in [1.165, 1.54) is 32.1 Å². The minimum Gasteiger partial charge on any atom is -0.309 e. The molecule has 1 N–H and O–H groups in total. The van der Waals surface area contributed by atoms with Crippen LogP contribution >= 0.6 is 0 Å². The standard InChI is InChI=1S/C11H18N2/c1-2-10(8-12)9-13-11-6-4-3-5-7-11/h2,11,13H,3-7,9H2,1H3/b10-2-. The molecule has 72 valence electrons. The highest BCUT2D eigenvalue weighted by atomic mass is 14.9. The van der Waals surface area contributed by atoms with Crippen molar-refractivity contribution in [2.45, 2.75) is 45.1 Å². The predicted molar refractivity (Wildman–Crippen MR) is 54.2 cm³/mol. The van der Waals surface area contributed by atoms with Crippen LogP contribution in [0.25, 0.3) is 0 Å². The van der Waals surface area contributed by atoms with Crippen LogP contribution < -0.4 is 5.32 Å². The fraction of sp³-hybridized carbons (Fsp3) is 0.727. The lowest BCUT2D eigenvalue weighted by atomic mass is 9.95. The van der Waals surface area contributed by atoms with Crippen LogP contribution in [0.15, 0.2) is 11.6 Å². The largest absolute Gasteiger partial charge is 0.309 e. The number of nitrogens with one attached hydrogen (secondary N) is 1. The van der Waals surface area contributed by atoms with Gasteiger partial charge in [0.2, 0.25) is 0 Å². The normalized spacial score (nSPS) is 19.8. The van der Waals surface area contributed by atoms with Gasteiger partial charge in [0, 0.05) is 18.2 Å². The Balaban J connectivity index is 2.21. The molecule has 0 aromatic rings. The Morgan fingerprint density at radius 2 is 2.15 bits per heavy atom. The first-order valence-electron chi connectivity index (χ1n) is 5.15. The van der Waals surface area contributed by atoms with Gasteiger partial charge in [0.1, 0.15) is 0 Å². The summed E-state index contributed by atoms with van der Waals surface area (Å²) in [6, 6.07) is 2.84. The number of nitrogens with zero attached hydrogens (tertiary/aromatic N) is 1. The van der Waals surface area contributed by atoms with Gasteiger partial charge in [-0.3, -0.25) is 0 Å². The molecule has 2 nitrogen and oxygen atoms in total. The van der Waals surface area contributed by atoms with E-state index in [0.29, 0.717) is 6.04 Å². The molecular formula is C11H18N2. The van der Waals surface area contributed by atoms with E-state index in [-0.39, 0.29) is 0 Å². The summed E-state index contributed by atoms with van der Waals surface area (Å²) in [6.45, 7) is 2.67. The van der Waals surface area contributed by atoms with Crippen LogP contribution in [0, 0.1) is 11.3 Å². The van der Waals surface area contributed by atoms with E-state index in [9.17, 15) is 0 Å². The van der Waals surface area contributed by atoms with Crippen LogP contribution in [0.4, 0.5) is 0 Å². The topological polar surface area (TPSA) is 35.8 Å². The summed E-state index contributed by atoms with van der Waals surface area (Å²) < 4.78 is 0. The summed E-state index contributed by atoms with van der Waals surface area (Å²) in [5.41, 5.74) is 0.852. The van der Waals surface area contributed by atoms with Crippen molar-refractivity contribution in [3.8, 4) is 6.07 Å².